The Hall–Kier alpha value is -1.36. The number of fused-ring (bicyclic) bond motifs is 2. The van der Waals surface area contributed by atoms with E-state index in [1.807, 2.05) is 6.07 Å². The first-order chi connectivity index (χ1) is 12.1. The van der Waals surface area contributed by atoms with Gasteiger partial charge < -0.3 is 4.90 Å². The van der Waals surface area contributed by atoms with E-state index in [2.05, 4.69) is 42.0 Å². The van der Waals surface area contributed by atoms with Gasteiger partial charge in [-0.3, -0.25) is 4.90 Å². The van der Waals surface area contributed by atoms with Crippen LogP contribution in [0.15, 0.2) is 46.2 Å². The molecule has 2 aliphatic rings. The van der Waals surface area contributed by atoms with Crippen molar-refractivity contribution in [3.63, 3.8) is 0 Å². The van der Waals surface area contributed by atoms with Crippen LogP contribution >= 0.6 is 11.8 Å². The van der Waals surface area contributed by atoms with Crippen molar-refractivity contribution in [2.75, 3.05) is 33.2 Å². The van der Waals surface area contributed by atoms with Crippen LogP contribution in [-0.4, -0.2) is 43.0 Å². The smallest absolute Gasteiger partial charge is 0.124 e. The van der Waals surface area contributed by atoms with Gasteiger partial charge in [-0.1, -0.05) is 36.9 Å². The molecule has 2 aromatic rings. The molecule has 2 aliphatic heterocycles. The Morgan fingerprint density at radius 3 is 2.60 bits per heavy atom. The fraction of sp³-hybridized carbons (Fsp3) is 0.429. The fourth-order valence-electron chi connectivity index (χ4n) is 3.86. The Bertz CT molecular complexity index is 768. The molecule has 25 heavy (non-hydrogen) atoms. The maximum Gasteiger partial charge on any atom is 0.124 e. The summed E-state index contributed by atoms with van der Waals surface area (Å²) in [5.74, 6) is -0.143. The van der Waals surface area contributed by atoms with Crippen molar-refractivity contribution in [3.05, 3.63) is 58.9 Å². The minimum absolute atomic E-state index is 0.143. The van der Waals surface area contributed by atoms with E-state index in [-0.39, 0.29) is 5.82 Å². The quantitative estimate of drug-likeness (QED) is 0.788. The molecule has 0 aliphatic carbocycles. The van der Waals surface area contributed by atoms with Crippen LogP contribution in [0.4, 0.5) is 4.39 Å². The summed E-state index contributed by atoms with van der Waals surface area (Å²) >= 11 is 1.73. The standard InChI is InChI=1S/C21H25FN2S/c1-3-15-4-7-20-18(12-15)19(24-10-8-23(2)9-11-24)13-16-5-6-17(22)14-21(16)25-20/h4-7,12,14,19H,3,8-11,13H2,1-2H3/t19-/m0/s1. The van der Waals surface area contributed by atoms with Crippen LogP contribution in [0.5, 0.6) is 0 Å². The fourth-order valence-corrected chi connectivity index (χ4v) is 5.00. The van der Waals surface area contributed by atoms with Crippen LogP contribution in [0.3, 0.4) is 0 Å². The molecule has 0 spiro atoms. The molecule has 4 rings (SSSR count). The summed E-state index contributed by atoms with van der Waals surface area (Å²) in [6.45, 7) is 6.63. The molecule has 2 aromatic carbocycles. The molecule has 2 nitrogen and oxygen atoms in total. The van der Waals surface area contributed by atoms with Gasteiger partial charge in [0.15, 0.2) is 0 Å². The highest BCUT2D eigenvalue weighted by atomic mass is 32.2. The molecule has 0 saturated carbocycles. The predicted octanol–water partition coefficient (Wildman–Crippen LogP) is 4.38. The molecule has 0 radical (unpaired) electrons. The van der Waals surface area contributed by atoms with Gasteiger partial charge in [0, 0.05) is 42.0 Å². The molecule has 0 aromatic heterocycles. The molecule has 0 N–H and O–H groups in total. The third kappa shape index (κ3) is 3.48. The first-order valence-electron chi connectivity index (χ1n) is 9.15. The molecule has 2 heterocycles. The van der Waals surface area contributed by atoms with E-state index in [0.717, 1.165) is 43.9 Å². The summed E-state index contributed by atoms with van der Waals surface area (Å²) in [5, 5.41) is 0. The Kier molecular flexibility index (Phi) is 4.85. The largest absolute Gasteiger partial charge is 0.304 e. The predicted molar refractivity (Wildman–Crippen MR) is 102 cm³/mol. The third-order valence-corrected chi connectivity index (χ3v) is 6.67. The summed E-state index contributed by atoms with van der Waals surface area (Å²) in [6, 6.07) is 12.5. The Balaban J connectivity index is 1.77. The zero-order valence-corrected chi connectivity index (χ0v) is 15.8. The third-order valence-electron chi connectivity index (χ3n) is 5.48. The lowest BCUT2D eigenvalue weighted by Crippen LogP contribution is -2.46. The van der Waals surface area contributed by atoms with E-state index < -0.39 is 0 Å². The van der Waals surface area contributed by atoms with E-state index >= 15 is 0 Å². The first-order valence-corrected chi connectivity index (χ1v) is 9.97. The second-order valence-corrected chi connectivity index (χ2v) is 8.22. The lowest BCUT2D eigenvalue weighted by atomic mass is 9.95. The van der Waals surface area contributed by atoms with Gasteiger partial charge in [-0.05, 0) is 54.8 Å². The Labute approximate surface area is 154 Å². The van der Waals surface area contributed by atoms with Crippen molar-refractivity contribution in [1.29, 1.82) is 0 Å². The van der Waals surface area contributed by atoms with Crippen molar-refractivity contribution < 1.29 is 4.39 Å². The molecule has 0 amide bonds. The number of hydrogen-bond donors (Lipinski definition) is 0. The molecule has 1 fully saturated rings. The summed E-state index contributed by atoms with van der Waals surface area (Å²) in [5.41, 5.74) is 4.07. The number of aryl methyl sites for hydroxylation is 1. The zero-order chi connectivity index (χ0) is 17.4. The lowest BCUT2D eigenvalue weighted by molar-refractivity contribution is 0.110. The molecule has 0 bridgehead atoms. The number of hydrogen-bond acceptors (Lipinski definition) is 3. The monoisotopic (exact) mass is 356 g/mol. The molecule has 132 valence electrons. The van der Waals surface area contributed by atoms with Gasteiger partial charge in [0.1, 0.15) is 5.82 Å². The maximum atomic E-state index is 13.8. The molecule has 0 unspecified atom stereocenters. The average Bonchev–Trinajstić information content (AvgIpc) is 2.78. The second-order valence-electron chi connectivity index (χ2n) is 7.14. The van der Waals surface area contributed by atoms with Crippen LogP contribution in [0.2, 0.25) is 0 Å². The maximum absolute atomic E-state index is 13.8. The summed E-state index contributed by atoms with van der Waals surface area (Å²) < 4.78 is 13.8. The first kappa shape index (κ1) is 17.1. The van der Waals surface area contributed by atoms with Crippen LogP contribution < -0.4 is 0 Å². The summed E-state index contributed by atoms with van der Waals surface area (Å²) in [6.07, 6.45) is 2.02. The van der Waals surface area contributed by atoms with Crippen LogP contribution in [0.1, 0.15) is 29.7 Å². The van der Waals surface area contributed by atoms with E-state index in [4.69, 9.17) is 0 Å². The SMILES string of the molecule is CCc1ccc2c(c1)[C@@H](N1CCN(C)CC1)Cc1ccc(F)cc1S2. The van der Waals surface area contributed by atoms with Crippen LogP contribution in [0.25, 0.3) is 0 Å². The Morgan fingerprint density at radius 1 is 1.04 bits per heavy atom. The second kappa shape index (κ2) is 7.10. The van der Waals surface area contributed by atoms with Crippen molar-refractivity contribution >= 4 is 11.8 Å². The van der Waals surface area contributed by atoms with Gasteiger partial charge >= 0.3 is 0 Å². The van der Waals surface area contributed by atoms with Crippen molar-refractivity contribution in [2.24, 2.45) is 0 Å². The highest BCUT2D eigenvalue weighted by Crippen LogP contribution is 2.43. The highest BCUT2D eigenvalue weighted by Gasteiger charge is 2.29. The highest BCUT2D eigenvalue weighted by molar-refractivity contribution is 7.99. The van der Waals surface area contributed by atoms with Crippen LogP contribution in [0, 0.1) is 5.82 Å². The van der Waals surface area contributed by atoms with Gasteiger partial charge in [-0.2, -0.15) is 0 Å². The van der Waals surface area contributed by atoms with Gasteiger partial charge in [0.05, 0.1) is 0 Å². The molecular formula is C21H25FN2S. The Morgan fingerprint density at radius 2 is 1.84 bits per heavy atom. The zero-order valence-electron chi connectivity index (χ0n) is 15.0. The van der Waals surface area contributed by atoms with Crippen LogP contribution in [-0.2, 0) is 12.8 Å². The van der Waals surface area contributed by atoms with Crippen molar-refractivity contribution in [1.82, 2.24) is 9.80 Å². The summed E-state index contributed by atoms with van der Waals surface area (Å²) in [7, 11) is 2.20. The number of nitrogens with zero attached hydrogens (tertiary/aromatic N) is 2. The molecule has 1 saturated heterocycles. The number of benzene rings is 2. The van der Waals surface area contributed by atoms with E-state index in [1.165, 1.54) is 21.6 Å². The topological polar surface area (TPSA) is 6.48 Å². The average molecular weight is 357 g/mol. The number of piperazine rings is 1. The van der Waals surface area contributed by atoms with Gasteiger partial charge in [0.2, 0.25) is 0 Å². The van der Waals surface area contributed by atoms with Crippen molar-refractivity contribution in [2.45, 2.75) is 35.6 Å². The summed E-state index contributed by atoms with van der Waals surface area (Å²) in [4.78, 5) is 7.37. The van der Waals surface area contributed by atoms with Gasteiger partial charge in [-0.15, -0.1) is 0 Å². The lowest BCUT2D eigenvalue weighted by Gasteiger charge is -2.38. The number of rotatable bonds is 2. The van der Waals surface area contributed by atoms with Crippen molar-refractivity contribution in [3.8, 4) is 0 Å². The van der Waals surface area contributed by atoms with Gasteiger partial charge in [-0.25, -0.2) is 4.39 Å². The normalized spacial score (nSPS) is 21.5. The van der Waals surface area contributed by atoms with E-state index in [9.17, 15) is 4.39 Å². The minimum Gasteiger partial charge on any atom is -0.304 e. The molecule has 1 atom stereocenters. The van der Waals surface area contributed by atoms with E-state index in [1.54, 1.807) is 23.9 Å². The van der Waals surface area contributed by atoms with Gasteiger partial charge in [0.25, 0.3) is 0 Å². The minimum atomic E-state index is -0.143. The molecular weight excluding hydrogens is 331 g/mol. The number of likely N-dealkylation sites (N-methyl/N-ethyl adjacent to an activating group) is 1. The number of halogens is 1. The van der Waals surface area contributed by atoms with E-state index in [0.29, 0.717) is 6.04 Å². The molecule has 4 heteroatoms.